The number of nitrogens with one attached hydrogen (secondary N) is 1. The van der Waals surface area contributed by atoms with Crippen LogP contribution in [0.15, 0.2) is 36.5 Å². The van der Waals surface area contributed by atoms with Gasteiger partial charge >= 0.3 is 6.61 Å². The molecule has 3 aromatic rings. The van der Waals surface area contributed by atoms with E-state index in [0.29, 0.717) is 0 Å². The zero-order valence-corrected chi connectivity index (χ0v) is 14.6. The molecule has 3 rings (SSSR count). The van der Waals surface area contributed by atoms with Crippen LogP contribution in [0.25, 0.3) is 0 Å². The fourth-order valence-corrected chi connectivity index (χ4v) is 2.50. The van der Waals surface area contributed by atoms with Gasteiger partial charge < -0.3 is 10.1 Å². The van der Waals surface area contributed by atoms with Crippen molar-refractivity contribution in [2.75, 3.05) is 5.32 Å². The summed E-state index contributed by atoms with van der Waals surface area (Å²) in [7, 11) is 0. The predicted molar refractivity (Wildman–Crippen MR) is 88.6 cm³/mol. The van der Waals surface area contributed by atoms with E-state index in [9.17, 15) is 35.5 Å². The molecule has 0 atom stereocenters. The van der Waals surface area contributed by atoms with Gasteiger partial charge in [-0.1, -0.05) is 12.1 Å². The van der Waals surface area contributed by atoms with Gasteiger partial charge in [-0.15, -0.1) is 0 Å². The van der Waals surface area contributed by atoms with Gasteiger partial charge in [0, 0.05) is 12.3 Å². The van der Waals surface area contributed by atoms with Gasteiger partial charge in [0.25, 0.3) is 5.91 Å². The number of hydrogen-bond acceptors (Lipinski definition) is 3. The van der Waals surface area contributed by atoms with Crippen molar-refractivity contribution in [1.29, 1.82) is 0 Å². The first-order valence-electron chi connectivity index (χ1n) is 8.08. The smallest absolute Gasteiger partial charge is 0.387 e. The monoisotopic (exact) mass is 433 g/mol. The molecule has 30 heavy (non-hydrogen) atoms. The molecule has 0 unspecified atom stereocenters. The second-order valence-corrected chi connectivity index (χ2v) is 5.78. The molecule has 2 aromatic carbocycles. The molecule has 0 aliphatic rings. The van der Waals surface area contributed by atoms with E-state index in [2.05, 4.69) is 15.2 Å². The van der Waals surface area contributed by atoms with Crippen LogP contribution in [-0.4, -0.2) is 22.3 Å². The molecule has 1 aromatic heterocycles. The zero-order valence-electron chi connectivity index (χ0n) is 14.6. The van der Waals surface area contributed by atoms with Crippen LogP contribution in [0, 0.1) is 29.1 Å². The maximum Gasteiger partial charge on any atom is 0.387 e. The predicted octanol–water partition coefficient (Wildman–Crippen LogP) is 4.48. The average molecular weight is 433 g/mol. The Morgan fingerprint density at radius 2 is 1.57 bits per heavy atom. The van der Waals surface area contributed by atoms with Crippen LogP contribution >= 0.6 is 0 Å². The van der Waals surface area contributed by atoms with E-state index in [-0.39, 0.29) is 11.4 Å². The fraction of sp³-hybridized carbons (Fsp3) is 0.111. The highest BCUT2D eigenvalue weighted by atomic mass is 19.3. The molecule has 158 valence electrons. The van der Waals surface area contributed by atoms with Gasteiger partial charge in [0.05, 0.1) is 17.7 Å². The maximum absolute atomic E-state index is 13.8. The lowest BCUT2D eigenvalue weighted by Crippen LogP contribution is -2.16. The first-order valence-corrected chi connectivity index (χ1v) is 8.08. The minimum Gasteiger partial charge on any atom is -0.434 e. The van der Waals surface area contributed by atoms with Gasteiger partial charge in [0.1, 0.15) is 5.75 Å². The number of benzene rings is 2. The summed E-state index contributed by atoms with van der Waals surface area (Å²) in [6, 6.07) is 6.28. The van der Waals surface area contributed by atoms with Crippen LogP contribution in [0.1, 0.15) is 15.9 Å². The highest BCUT2D eigenvalue weighted by Gasteiger charge is 2.26. The number of hydrogen-bond donors (Lipinski definition) is 1. The molecule has 0 saturated heterocycles. The first kappa shape index (κ1) is 21.1. The van der Waals surface area contributed by atoms with Crippen molar-refractivity contribution in [2.24, 2.45) is 0 Å². The van der Waals surface area contributed by atoms with Crippen molar-refractivity contribution in [1.82, 2.24) is 9.78 Å². The summed E-state index contributed by atoms with van der Waals surface area (Å²) < 4.78 is 97.1. The Morgan fingerprint density at radius 3 is 2.20 bits per heavy atom. The van der Waals surface area contributed by atoms with E-state index in [1.54, 1.807) is 0 Å². The number of halogens is 7. The summed E-state index contributed by atoms with van der Waals surface area (Å²) in [5.74, 6) is -11.9. The third-order valence-electron chi connectivity index (χ3n) is 3.85. The Balaban J connectivity index is 1.80. The SMILES string of the molecule is O=C(Nc1ccn(Cc2c(F)c(F)c(F)c(F)c2F)n1)c1ccccc1OC(F)F. The topological polar surface area (TPSA) is 56.2 Å². The van der Waals surface area contributed by atoms with Gasteiger partial charge in [0.2, 0.25) is 5.82 Å². The largest absolute Gasteiger partial charge is 0.434 e. The summed E-state index contributed by atoms with van der Waals surface area (Å²) in [5.41, 5.74) is -1.37. The number of anilines is 1. The van der Waals surface area contributed by atoms with Gasteiger partial charge in [-0.05, 0) is 12.1 Å². The van der Waals surface area contributed by atoms with Crippen LogP contribution in [-0.2, 0) is 6.54 Å². The number of nitrogens with zero attached hydrogens (tertiary/aromatic N) is 2. The molecule has 12 heteroatoms. The van der Waals surface area contributed by atoms with E-state index < -0.39 is 59.5 Å². The van der Waals surface area contributed by atoms with E-state index >= 15 is 0 Å². The van der Waals surface area contributed by atoms with Crippen LogP contribution in [0.5, 0.6) is 5.75 Å². The Kier molecular flexibility index (Phi) is 5.94. The first-order chi connectivity index (χ1) is 14.2. The highest BCUT2D eigenvalue weighted by Crippen LogP contribution is 2.24. The lowest BCUT2D eigenvalue weighted by molar-refractivity contribution is -0.0501. The van der Waals surface area contributed by atoms with Crippen molar-refractivity contribution in [3.8, 4) is 5.75 Å². The van der Waals surface area contributed by atoms with Gasteiger partial charge in [-0.25, -0.2) is 22.0 Å². The molecule has 0 saturated carbocycles. The van der Waals surface area contributed by atoms with E-state index in [0.717, 1.165) is 16.9 Å². The minimum atomic E-state index is -3.17. The van der Waals surface area contributed by atoms with Crippen molar-refractivity contribution in [3.05, 3.63) is 76.7 Å². The number of para-hydroxylation sites is 1. The summed E-state index contributed by atoms with van der Waals surface area (Å²) in [5, 5.41) is 6.00. The van der Waals surface area contributed by atoms with Crippen LogP contribution in [0.2, 0.25) is 0 Å². The molecule has 0 radical (unpaired) electrons. The second kappa shape index (κ2) is 8.43. The Hall–Kier alpha value is -3.57. The molecular formula is C18H10F7N3O2. The minimum absolute atomic E-state index is 0.171. The van der Waals surface area contributed by atoms with Crippen molar-refractivity contribution in [3.63, 3.8) is 0 Å². The molecule has 1 heterocycles. The zero-order chi connectivity index (χ0) is 22.0. The molecule has 0 aliphatic heterocycles. The normalized spacial score (nSPS) is 11.1. The van der Waals surface area contributed by atoms with Crippen molar-refractivity contribution in [2.45, 2.75) is 13.2 Å². The van der Waals surface area contributed by atoms with E-state index in [4.69, 9.17) is 0 Å². The lowest BCUT2D eigenvalue weighted by Gasteiger charge is -2.10. The van der Waals surface area contributed by atoms with Crippen molar-refractivity contribution < 1.29 is 40.3 Å². The number of carbonyl (C=O) groups is 1. The number of aromatic nitrogens is 2. The fourth-order valence-electron chi connectivity index (χ4n) is 2.50. The molecule has 0 aliphatic carbocycles. The van der Waals surface area contributed by atoms with Crippen molar-refractivity contribution >= 4 is 11.7 Å². The van der Waals surface area contributed by atoms with E-state index in [1.165, 1.54) is 24.3 Å². The third kappa shape index (κ3) is 4.21. The second-order valence-electron chi connectivity index (χ2n) is 5.78. The molecule has 0 fully saturated rings. The summed E-state index contributed by atoms with van der Waals surface area (Å²) in [6.45, 7) is -3.99. The number of carbonyl (C=O) groups excluding carboxylic acids is 1. The van der Waals surface area contributed by atoms with Crippen LogP contribution in [0.4, 0.5) is 36.6 Å². The Morgan fingerprint density at radius 1 is 0.967 bits per heavy atom. The lowest BCUT2D eigenvalue weighted by atomic mass is 10.1. The Labute approximate surface area is 163 Å². The molecule has 5 nitrogen and oxygen atoms in total. The van der Waals surface area contributed by atoms with Gasteiger partial charge in [-0.2, -0.15) is 13.9 Å². The van der Waals surface area contributed by atoms with E-state index in [1.807, 2.05) is 0 Å². The Bertz CT molecular complexity index is 1070. The number of rotatable bonds is 6. The standard InChI is InChI=1S/C18H10F7N3O2/c19-12-9(13(20)15(22)16(23)14(12)21)7-28-6-5-11(27-28)26-17(29)8-3-1-2-4-10(8)30-18(24)25/h1-6,18H,7H2,(H,26,27,29). The quantitative estimate of drug-likeness (QED) is 0.354. The molecule has 1 N–H and O–H groups in total. The summed E-state index contributed by atoms with van der Waals surface area (Å²) >= 11 is 0. The average Bonchev–Trinajstić information content (AvgIpc) is 3.15. The molecule has 0 spiro atoms. The summed E-state index contributed by atoms with van der Waals surface area (Å²) in [4.78, 5) is 12.3. The highest BCUT2D eigenvalue weighted by molar-refractivity contribution is 6.05. The molecule has 1 amide bonds. The third-order valence-corrected chi connectivity index (χ3v) is 3.85. The van der Waals surface area contributed by atoms with Crippen LogP contribution < -0.4 is 10.1 Å². The summed E-state index contributed by atoms with van der Waals surface area (Å²) in [6.07, 6.45) is 1.11. The number of amides is 1. The van der Waals surface area contributed by atoms with Crippen LogP contribution in [0.3, 0.4) is 0 Å². The molecular weight excluding hydrogens is 423 g/mol. The number of ether oxygens (including phenoxy) is 1. The number of alkyl halides is 2. The van der Waals surface area contributed by atoms with Gasteiger partial charge in [-0.3, -0.25) is 9.48 Å². The maximum atomic E-state index is 13.8. The van der Waals surface area contributed by atoms with Gasteiger partial charge in [0.15, 0.2) is 29.1 Å². The molecule has 0 bridgehead atoms.